The fourth-order valence-corrected chi connectivity index (χ4v) is 7.92. The molecule has 0 unspecified atom stereocenters. The molecule has 0 fully saturated rings. The molecule has 55 heavy (non-hydrogen) atoms. The molecule has 0 atom stereocenters. The largest absolute Gasteiger partial charge is 0.678 e. The second kappa shape index (κ2) is 19.7. The summed E-state index contributed by atoms with van der Waals surface area (Å²) in [5, 5.41) is 4.87. The van der Waals surface area contributed by atoms with Gasteiger partial charge in [0.15, 0.2) is 16.0 Å². The van der Waals surface area contributed by atoms with Crippen LogP contribution in [-0.2, 0) is 11.5 Å². The van der Waals surface area contributed by atoms with E-state index in [-0.39, 0.29) is 0 Å². The van der Waals surface area contributed by atoms with Gasteiger partial charge in [0.1, 0.15) is 15.9 Å². The normalized spacial score (nSPS) is 14.5. The minimum atomic E-state index is -0.851. The Morgan fingerprint density at radius 2 is 1.31 bits per heavy atom. The molecule has 6 aromatic rings. The third-order valence-corrected chi connectivity index (χ3v) is 11.3. The van der Waals surface area contributed by atoms with Gasteiger partial charge in [-0.15, -0.1) is 0 Å². The second-order valence-corrected chi connectivity index (χ2v) is 15.7. The number of nitrogens with one attached hydrogen (secondary N) is 3. The zero-order valence-electron chi connectivity index (χ0n) is 29.4. The predicted octanol–water partition coefficient (Wildman–Crippen LogP) is 10.1. The molecule has 3 N–H and O–H groups in total. The van der Waals surface area contributed by atoms with Gasteiger partial charge in [0.2, 0.25) is 0 Å². The van der Waals surface area contributed by atoms with Gasteiger partial charge in [0.25, 0.3) is 0 Å². The van der Waals surface area contributed by atoms with Crippen LogP contribution in [0.2, 0.25) is 0 Å². The zero-order valence-corrected chi connectivity index (χ0v) is 32.7. The minimum Gasteiger partial charge on any atom is -0.516 e. The van der Waals surface area contributed by atoms with Crippen molar-refractivity contribution in [2.24, 2.45) is 15.1 Å². The molecule has 6 aromatic carbocycles. The summed E-state index contributed by atoms with van der Waals surface area (Å²) in [6.45, 7) is 0. The number of thioether (sulfide) groups is 2. The number of fused-ring (bicyclic) bond motifs is 1. The summed E-state index contributed by atoms with van der Waals surface area (Å²) in [7, 11) is 0. The van der Waals surface area contributed by atoms with Crippen LogP contribution >= 0.6 is 47.4 Å². The number of amidine groups is 2. The molecule has 0 spiro atoms. The number of benzene rings is 6. The van der Waals surface area contributed by atoms with Crippen molar-refractivity contribution in [1.29, 1.82) is 0 Å². The van der Waals surface area contributed by atoms with Crippen LogP contribution in [-0.4, -0.2) is 26.8 Å². The van der Waals surface area contributed by atoms with Gasteiger partial charge in [-0.2, -0.15) is 5.10 Å². The Balaban J connectivity index is 1.19. The Labute approximate surface area is 339 Å². The topological polar surface area (TPSA) is 91.6 Å². The van der Waals surface area contributed by atoms with Gasteiger partial charge < -0.3 is 9.31 Å². The number of para-hydroxylation sites is 4. The van der Waals surface area contributed by atoms with Crippen LogP contribution in [0.5, 0.6) is 11.5 Å². The Bertz CT molecular complexity index is 2270. The van der Waals surface area contributed by atoms with E-state index < -0.39 is 6.40 Å². The van der Waals surface area contributed by atoms with Crippen LogP contribution in [0.4, 0.5) is 11.4 Å². The molecule has 0 amide bonds. The van der Waals surface area contributed by atoms with Crippen molar-refractivity contribution in [2.75, 3.05) is 0 Å². The maximum absolute atomic E-state index is 6.79. The summed E-state index contributed by atoms with van der Waals surface area (Å²) >= 11 is 10.2. The van der Waals surface area contributed by atoms with Gasteiger partial charge in [-0.05, 0) is 71.3 Å². The molecule has 0 aliphatic carbocycles. The SMILES string of the molecule is S=C(NNC(=Nc1ccccc1)c1ccccc1OB1Oc2ccccc2C(=Nc2ccccc2)N/N=C(/SCc2ccccc2)S1)SCc1ccccc1. The molecule has 0 saturated carbocycles. The Hall–Kier alpha value is -5.47. The summed E-state index contributed by atoms with van der Waals surface area (Å²) in [6, 6.07) is 55.4. The van der Waals surface area contributed by atoms with E-state index in [0.717, 1.165) is 22.7 Å². The zero-order chi connectivity index (χ0) is 37.5. The standard InChI is InChI=1S/C42H35BN6O2S4/c52-41(53-29-31-17-5-1-6-18-31)48-46-39(44-33-21-9-3-10-22-33)35-25-13-15-27-37(35)50-43-51-38-28-16-14-26-36(38)40(45-34-23-11-4-12-24-34)47-49-42(55-43)54-30-32-19-7-2-8-20-32/h1-28H,29-30H2,(H,44,46)(H,45,47)(H,48,52)/b49-42-. The van der Waals surface area contributed by atoms with Crippen molar-refractivity contribution in [3.8, 4) is 11.5 Å². The number of rotatable bonds is 9. The van der Waals surface area contributed by atoms with Crippen molar-refractivity contribution in [3.63, 3.8) is 0 Å². The van der Waals surface area contributed by atoms with Crippen LogP contribution in [0.1, 0.15) is 22.3 Å². The maximum atomic E-state index is 6.79. The lowest BCUT2D eigenvalue weighted by Gasteiger charge is -2.20. The van der Waals surface area contributed by atoms with Gasteiger partial charge in [-0.1, -0.05) is 157 Å². The van der Waals surface area contributed by atoms with Gasteiger partial charge in [0.05, 0.1) is 22.5 Å². The molecule has 0 radical (unpaired) electrons. The highest BCUT2D eigenvalue weighted by Crippen LogP contribution is 2.32. The Morgan fingerprint density at radius 3 is 2.04 bits per heavy atom. The fourth-order valence-electron chi connectivity index (χ4n) is 5.24. The van der Waals surface area contributed by atoms with Gasteiger partial charge in [-0.25, -0.2) is 9.98 Å². The molecule has 1 aliphatic heterocycles. The van der Waals surface area contributed by atoms with E-state index in [0.29, 0.717) is 43.2 Å². The first-order valence-corrected chi connectivity index (χ1v) is 20.6. The number of hydrogen-bond donors (Lipinski definition) is 3. The average Bonchev–Trinajstić information content (AvgIpc) is 3.30. The van der Waals surface area contributed by atoms with Gasteiger partial charge >= 0.3 is 6.40 Å². The Morgan fingerprint density at radius 1 is 0.709 bits per heavy atom. The first-order valence-electron chi connectivity index (χ1n) is 17.4. The summed E-state index contributed by atoms with van der Waals surface area (Å²) in [6.07, 6.45) is -0.851. The summed E-state index contributed by atoms with van der Waals surface area (Å²) < 4.78 is 14.8. The molecule has 8 nitrogen and oxygen atoms in total. The van der Waals surface area contributed by atoms with E-state index in [1.807, 2.05) is 146 Å². The molecule has 1 heterocycles. The maximum Gasteiger partial charge on any atom is 0.678 e. The first-order chi connectivity index (χ1) is 27.2. The van der Waals surface area contributed by atoms with Crippen molar-refractivity contribution in [2.45, 2.75) is 11.5 Å². The van der Waals surface area contributed by atoms with Crippen molar-refractivity contribution in [3.05, 3.63) is 192 Å². The van der Waals surface area contributed by atoms with Crippen LogP contribution < -0.4 is 25.6 Å². The molecule has 1 aliphatic rings. The van der Waals surface area contributed by atoms with Crippen LogP contribution in [0, 0.1) is 0 Å². The summed E-state index contributed by atoms with van der Waals surface area (Å²) in [4.78, 5) is 9.90. The molecular formula is C42H35BN6O2S4. The van der Waals surface area contributed by atoms with Crippen molar-refractivity contribution < 1.29 is 9.31 Å². The highest BCUT2D eigenvalue weighted by Gasteiger charge is 2.32. The van der Waals surface area contributed by atoms with E-state index in [2.05, 4.69) is 40.5 Å². The van der Waals surface area contributed by atoms with Crippen LogP contribution in [0.3, 0.4) is 0 Å². The lowest BCUT2D eigenvalue weighted by atomic mass is 10.1. The molecular weight excluding hydrogens is 760 g/mol. The smallest absolute Gasteiger partial charge is 0.516 e. The number of aliphatic imine (C=N–C) groups is 2. The van der Waals surface area contributed by atoms with Gasteiger partial charge in [-0.3, -0.25) is 16.3 Å². The fraction of sp³-hybridized carbons (Fsp3) is 0.0476. The number of nitrogens with zero attached hydrogens (tertiary/aromatic N) is 3. The number of hydrazone groups is 1. The van der Waals surface area contributed by atoms with E-state index in [1.54, 1.807) is 11.8 Å². The monoisotopic (exact) mass is 794 g/mol. The summed E-state index contributed by atoms with van der Waals surface area (Å²) in [5.74, 6) is 3.63. The van der Waals surface area contributed by atoms with Crippen molar-refractivity contribution in [1.82, 2.24) is 16.3 Å². The molecule has 0 aromatic heterocycles. The highest BCUT2D eigenvalue weighted by atomic mass is 32.2. The first kappa shape index (κ1) is 37.8. The number of thiocarbonyl (C=S) groups is 1. The molecule has 13 heteroatoms. The second-order valence-electron chi connectivity index (χ2n) is 11.8. The third-order valence-electron chi connectivity index (χ3n) is 7.88. The molecule has 272 valence electrons. The lowest BCUT2D eigenvalue weighted by Crippen LogP contribution is -2.40. The number of hydrazine groups is 1. The lowest BCUT2D eigenvalue weighted by molar-refractivity contribution is 0.449. The van der Waals surface area contributed by atoms with Crippen molar-refractivity contribution >= 4 is 85.5 Å². The average molecular weight is 795 g/mol. The number of hydrogen-bond acceptors (Lipinski definition) is 9. The molecule has 0 bridgehead atoms. The van der Waals surface area contributed by atoms with Gasteiger partial charge in [0, 0.05) is 11.5 Å². The third kappa shape index (κ3) is 11.3. The molecule has 0 saturated heterocycles. The Kier molecular flexibility index (Phi) is 13.6. The quantitative estimate of drug-likeness (QED) is 0.0435. The molecule has 7 rings (SSSR count). The van der Waals surface area contributed by atoms with E-state index in [4.69, 9.17) is 36.6 Å². The predicted molar refractivity (Wildman–Crippen MR) is 238 cm³/mol. The van der Waals surface area contributed by atoms with E-state index >= 15 is 0 Å². The highest BCUT2D eigenvalue weighted by molar-refractivity contribution is 8.49. The summed E-state index contributed by atoms with van der Waals surface area (Å²) in [5.41, 5.74) is 15.0. The van der Waals surface area contributed by atoms with Crippen LogP contribution in [0.15, 0.2) is 185 Å². The van der Waals surface area contributed by atoms with E-state index in [1.165, 1.54) is 34.5 Å². The van der Waals surface area contributed by atoms with E-state index in [9.17, 15) is 0 Å². The minimum absolute atomic E-state index is 0.518. The van der Waals surface area contributed by atoms with Crippen LogP contribution in [0.25, 0.3) is 0 Å².